The predicted octanol–water partition coefficient (Wildman–Crippen LogP) is 0.0862. The molecule has 11 nitrogen and oxygen atoms in total. The molecule has 3 aromatic carbocycles. The van der Waals surface area contributed by atoms with E-state index in [2.05, 4.69) is 21.4 Å². The normalized spacial score (nSPS) is 10.7. The first-order chi connectivity index (χ1) is 18.2. The van der Waals surface area contributed by atoms with Crippen molar-refractivity contribution in [2.45, 2.75) is 25.3 Å². The molecule has 3 aromatic rings. The van der Waals surface area contributed by atoms with E-state index in [4.69, 9.17) is 9.57 Å². The Hall–Kier alpha value is -2.33. The van der Waals surface area contributed by atoms with Crippen LogP contribution in [0.4, 0.5) is 11.4 Å². The van der Waals surface area contributed by atoms with Gasteiger partial charge in [0.1, 0.15) is 15.9 Å². The van der Waals surface area contributed by atoms with Crippen LogP contribution in [0.3, 0.4) is 0 Å². The Bertz CT molecular complexity index is 1350. The molecule has 0 aliphatic rings. The molecule has 0 aliphatic carbocycles. The number of benzene rings is 3. The van der Waals surface area contributed by atoms with Gasteiger partial charge in [-0.2, -0.15) is 0 Å². The van der Waals surface area contributed by atoms with Gasteiger partial charge in [-0.1, -0.05) is 19.1 Å². The predicted molar refractivity (Wildman–Crippen MR) is 141 cm³/mol. The molecule has 202 valence electrons. The van der Waals surface area contributed by atoms with Crippen molar-refractivity contribution in [2.24, 2.45) is 0 Å². The third-order valence-electron chi connectivity index (χ3n) is 5.16. The molecule has 0 saturated carbocycles. The Morgan fingerprint density at radius 1 is 0.846 bits per heavy atom. The van der Waals surface area contributed by atoms with Crippen LogP contribution in [0.25, 0.3) is 0 Å². The van der Waals surface area contributed by atoms with E-state index >= 15 is 0 Å². The molecule has 13 heteroatoms. The summed E-state index contributed by atoms with van der Waals surface area (Å²) in [6.07, 6.45) is 0. The van der Waals surface area contributed by atoms with Crippen molar-refractivity contribution in [3.8, 4) is 5.75 Å². The van der Waals surface area contributed by atoms with E-state index in [-0.39, 0.29) is 75.3 Å². The van der Waals surface area contributed by atoms with Gasteiger partial charge in [0, 0.05) is 35.6 Å². The number of carbonyl (C=O) groups is 2. The minimum absolute atomic E-state index is 0. The molecule has 0 heterocycles. The van der Waals surface area contributed by atoms with Gasteiger partial charge in [-0.25, -0.2) is 13.9 Å². The Labute approximate surface area is 270 Å². The van der Waals surface area contributed by atoms with Gasteiger partial charge in [0.2, 0.25) is 0 Å². The van der Waals surface area contributed by atoms with E-state index in [0.717, 1.165) is 11.6 Å². The summed E-state index contributed by atoms with van der Waals surface area (Å²) in [6, 6.07) is 17.0. The van der Waals surface area contributed by atoms with Crippen LogP contribution in [0.2, 0.25) is 0 Å². The molecular weight excluding hydrogens is 551 g/mol. The molecule has 0 atom stereocenters. The number of anilines is 2. The molecule has 0 saturated heterocycles. The second kappa shape index (κ2) is 16.1. The third kappa shape index (κ3) is 10.3. The van der Waals surface area contributed by atoms with Crippen LogP contribution in [0, 0.1) is 0 Å². The van der Waals surface area contributed by atoms with E-state index in [1.165, 1.54) is 12.1 Å². The first-order valence-corrected chi connectivity index (χ1v) is 13.2. The topological polar surface area (TPSA) is 158 Å². The van der Waals surface area contributed by atoms with Crippen molar-refractivity contribution in [2.75, 3.05) is 30.5 Å². The van der Waals surface area contributed by atoms with Crippen LogP contribution < -0.4 is 77.6 Å². The van der Waals surface area contributed by atoms with Crippen LogP contribution in [-0.2, 0) is 21.6 Å². The van der Waals surface area contributed by atoms with Crippen LogP contribution in [0.5, 0.6) is 5.75 Å². The third-order valence-corrected chi connectivity index (χ3v) is 6.02. The number of hydrogen-bond acceptors (Lipinski definition) is 9. The SMILES string of the molecule is CCNOCc1ccc(NCOc2ccc(C(=O)Nc3ccc(C(=O)NCC)cc3)cc2S(=O)(=O)[O-])cc1.[K+]. The van der Waals surface area contributed by atoms with Crippen molar-refractivity contribution in [1.29, 1.82) is 0 Å². The summed E-state index contributed by atoms with van der Waals surface area (Å²) in [7, 11) is -4.94. The zero-order valence-corrected chi connectivity index (χ0v) is 25.9. The van der Waals surface area contributed by atoms with Crippen molar-refractivity contribution in [1.82, 2.24) is 10.8 Å². The Balaban J connectivity index is 0.00000533. The maximum absolute atomic E-state index is 12.7. The first-order valence-electron chi connectivity index (χ1n) is 11.8. The summed E-state index contributed by atoms with van der Waals surface area (Å²) in [5.74, 6) is -1.07. The van der Waals surface area contributed by atoms with Gasteiger partial charge < -0.3 is 25.2 Å². The zero-order chi connectivity index (χ0) is 27.5. The van der Waals surface area contributed by atoms with Crippen LogP contribution >= 0.6 is 0 Å². The van der Waals surface area contributed by atoms with Crippen LogP contribution in [0.1, 0.15) is 40.1 Å². The van der Waals surface area contributed by atoms with Gasteiger partial charge in [0.05, 0.1) is 11.5 Å². The number of rotatable bonds is 13. The van der Waals surface area contributed by atoms with Gasteiger partial charge in [-0.15, -0.1) is 0 Å². The van der Waals surface area contributed by atoms with Crippen molar-refractivity contribution < 1.29 is 83.5 Å². The molecule has 3 rings (SSSR count). The second-order valence-corrected chi connectivity index (χ2v) is 9.30. The van der Waals surface area contributed by atoms with Crippen molar-refractivity contribution in [3.05, 3.63) is 83.4 Å². The van der Waals surface area contributed by atoms with E-state index in [9.17, 15) is 22.6 Å². The average molecular weight is 581 g/mol. The molecule has 4 N–H and O–H groups in total. The molecule has 0 aromatic heterocycles. The van der Waals surface area contributed by atoms with E-state index in [1.54, 1.807) is 43.3 Å². The summed E-state index contributed by atoms with van der Waals surface area (Å²) in [6.45, 7) is 5.18. The minimum atomic E-state index is -4.94. The summed E-state index contributed by atoms with van der Waals surface area (Å²) >= 11 is 0. The van der Waals surface area contributed by atoms with Gasteiger partial charge in [0.15, 0.2) is 6.73 Å². The van der Waals surface area contributed by atoms with Gasteiger partial charge in [0.25, 0.3) is 11.8 Å². The maximum atomic E-state index is 12.7. The fourth-order valence-corrected chi connectivity index (χ4v) is 3.93. The molecule has 0 unspecified atom stereocenters. The molecule has 0 radical (unpaired) electrons. The molecule has 0 fully saturated rings. The number of hydrogen-bond donors (Lipinski definition) is 4. The van der Waals surface area contributed by atoms with Crippen molar-refractivity contribution >= 4 is 33.3 Å². The summed E-state index contributed by atoms with van der Waals surface area (Å²) in [5.41, 5.74) is 5.18. The van der Waals surface area contributed by atoms with E-state index < -0.39 is 20.9 Å². The Morgan fingerprint density at radius 3 is 2.10 bits per heavy atom. The number of ether oxygens (including phenoxy) is 1. The molecule has 2 amide bonds. The smallest absolute Gasteiger partial charge is 0.744 e. The zero-order valence-electron chi connectivity index (χ0n) is 21.9. The monoisotopic (exact) mass is 580 g/mol. The molecule has 0 aliphatic heterocycles. The summed E-state index contributed by atoms with van der Waals surface area (Å²) < 4.78 is 41.1. The standard InChI is InChI=1S/C26H30N4O7S.K/c1-3-27-25(31)19-7-12-22(13-8-19)30-26(32)20-9-14-23(24(15-20)38(33,34)35)36-17-28-21-10-5-18(6-11-21)16-37-29-4-2;/h5-15,28-29H,3-4,16-17H2,1-2H3,(H,27,31)(H,30,32)(H,33,34,35);/q;+1/p-1. The minimum Gasteiger partial charge on any atom is -0.744 e. The maximum Gasteiger partial charge on any atom is 1.00 e. The quantitative estimate of drug-likeness (QED) is 0.0723. The molecular formula is C26H29KN4O7S. The molecule has 0 bridgehead atoms. The summed E-state index contributed by atoms with van der Waals surface area (Å²) in [5, 5.41) is 8.25. The number of nitrogens with one attached hydrogen (secondary N) is 4. The number of amides is 2. The van der Waals surface area contributed by atoms with Crippen LogP contribution in [0.15, 0.2) is 71.6 Å². The molecule has 0 spiro atoms. The largest absolute Gasteiger partial charge is 1.00 e. The van der Waals surface area contributed by atoms with E-state index in [0.29, 0.717) is 36.6 Å². The van der Waals surface area contributed by atoms with Crippen LogP contribution in [-0.4, -0.2) is 44.6 Å². The Morgan fingerprint density at radius 2 is 1.49 bits per heavy atom. The fourth-order valence-electron chi connectivity index (χ4n) is 3.29. The first kappa shape index (κ1) is 32.9. The second-order valence-electron chi connectivity index (χ2n) is 7.96. The number of carbonyl (C=O) groups excluding carboxylic acids is 2. The average Bonchev–Trinajstić information content (AvgIpc) is 2.90. The number of hydroxylamine groups is 1. The van der Waals surface area contributed by atoms with E-state index in [1.807, 2.05) is 19.1 Å². The Kier molecular flexibility index (Phi) is 13.5. The van der Waals surface area contributed by atoms with Gasteiger partial charge in [-0.05, 0) is 67.1 Å². The van der Waals surface area contributed by atoms with Crippen molar-refractivity contribution in [3.63, 3.8) is 0 Å². The van der Waals surface area contributed by atoms with Gasteiger partial charge >= 0.3 is 51.4 Å². The van der Waals surface area contributed by atoms with Gasteiger partial charge in [-0.3, -0.25) is 14.4 Å². The molecule has 39 heavy (non-hydrogen) atoms. The summed E-state index contributed by atoms with van der Waals surface area (Å²) in [4.78, 5) is 29.1. The fraction of sp³-hybridized carbons (Fsp3) is 0.231.